The minimum atomic E-state index is -0.494. The molecule has 0 fully saturated rings. The van der Waals surface area contributed by atoms with Crippen molar-refractivity contribution in [2.75, 3.05) is 4.90 Å². The van der Waals surface area contributed by atoms with Gasteiger partial charge in [0.15, 0.2) is 16.3 Å². The Morgan fingerprint density at radius 3 is 2.61 bits per heavy atom. The lowest BCUT2D eigenvalue weighted by molar-refractivity contribution is 0.0959. The molecule has 0 radical (unpaired) electrons. The van der Waals surface area contributed by atoms with Crippen LogP contribution < -0.4 is 10.3 Å². The highest BCUT2D eigenvalue weighted by molar-refractivity contribution is 7.22. The molecule has 0 aliphatic rings. The summed E-state index contributed by atoms with van der Waals surface area (Å²) in [6.45, 7) is 0.221. The summed E-state index contributed by atoms with van der Waals surface area (Å²) < 4.78 is 20.0. The molecule has 0 bridgehead atoms. The fourth-order valence-electron chi connectivity index (χ4n) is 3.34. The SMILES string of the molecule is O=C(c1cc(=O)c2ccccc2o1)N(Cc1ccccc1)c1nc2ccc(F)cc2s1. The maximum Gasteiger partial charge on any atom is 0.296 e. The zero-order valence-electron chi connectivity index (χ0n) is 16.1. The predicted molar refractivity (Wildman–Crippen MR) is 119 cm³/mol. The molecule has 0 atom stereocenters. The van der Waals surface area contributed by atoms with Gasteiger partial charge < -0.3 is 4.42 Å². The first-order valence-electron chi connectivity index (χ1n) is 9.53. The highest BCUT2D eigenvalue weighted by atomic mass is 32.1. The highest BCUT2D eigenvalue weighted by Crippen LogP contribution is 2.31. The third-order valence-corrected chi connectivity index (χ3v) is 5.89. The molecule has 0 saturated carbocycles. The quantitative estimate of drug-likeness (QED) is 0.384. The lowest BCUT2D eigenvalue weighted by Gasteiger charge is -2.19. The van der Waals surface area contributed by atoms with Crippen molar-refractivity contribution in [2.45, 2.75) is 6.54 Å². The van der Waals surface area contributed by atoms with Crippen LogP contribution >= 0.6 is 11.3 Å². The molecule has 0 aliphatic carbocycles. The maximum absolute atomic E-state index is 13.7. The fraction of sp³-hybridized carbons (Fsp3) is 0.0417. The van der Waals surface area contributed by atoms with E-state index >= 15 is 0 Å². The van der Waals surface area contributed by atoms with E-state index in [9.17, 15) is 14.0 Å². The first-order chi connectivity index (χ1) is 15.1. The molecule has 2 aromatic heterocycles. The molecule has 5 rings (SSSR count). The Morgan fingerprint density at radius 1 is 1.00 bits per heavy atom. The van der Waals surface area contributed by atoms with Gasteiger partial charge in [0.1, 0.15) is 11.4 Å². The van der Waals surface area contributed by atoms with Crippen LogP contribution in [-0.2, 0) is 6.54 Å². The Kier molecular flexibility index (Phi) is 4.80. The van der Waals surface area contributed by atoms with Crippen LogP contribution in [0.15, 0.2) is 88.1 Å². The summed E-state index contributed by atoms with van der Waals surface area (Å²) >= 11 is 1.20. The Labute approximate surface area is 180 Å². The average molecular weight is 430 g/mol. The number of rotatable bonds is 4. The third-order valence-electron chi connectivity index (χ3n) is 4.84. The Hall–Kier alpha value is -3.84. The van der Waals surface area contributed by atoms with Crippen LogP contribution in [0, 0.1) is 5.82 Å². The molecule has 2 heterocycles. The molecule has 7 heteroatoms. The second-order valence-electron chi connectivity index (χ2n) is 6.96. The van der Waals surface area contributed by atoms with Gasteiger partial charge in [0.05, 0.1) is 22.1 Å². The zero-order chi connectivity index (χ0) is 21.4. The van der Waals surface area contributed by atoms with Crippen molar-refractivity contribution >= 4 is 43.6 Å². The van der Waals surface area contributed by atoms with Crippen LogP contribution in [0.3, 0.4) is 0 Å². The number of halogens is 1. The second-order valence-corrected chi connectivity index (χ2v) is 7.97. The lowest BCUT2D eigenvalue weighted by atomic mass is 10.2. The van der Waals surface area contributed by atoms with Crippen LogP contribution in [0.5, 0.6) is 0 Å². The van der Waals surface area contributed by atoms with E-state index < -0.39 is 5.91 Å². The Bertz CT molecular complexity index is 1480. The minimum Gasteiger partial charge on any atom is -0.451 e. The number of hydrogen-bond donors (Lipinski definition) is 0. The Morgan fingerprint density at radius 2 is 1.77 bits per heavy atom. The van der Waals surface area contributed by atoms with Crippen molar-refractivity contribution in [1.29, 1.82) is 0 Å². The van der Waals surface area contributed by atoms with E-state index in [1.54, 1.807) is 30.3 Å². The van der Waals surface area contributed by atoms with Crippen molar-refractivity contribution < 1.29 is 13.6 Å². The zero-order valence-corrected chi connectivity index (χ0v) is 16.9. The molecule has 0 N–H and O–H groups in total. The highest BCUT2D eigenvalue weighted by Gasteiger charge is 2.24. The second kappa shape index (κ2) is 7.77. The van der Waals surface area contributed by atoms with Gasteiger partial charge in [-0.15, -0.1) is 0 Å². The molecule has 3 aromatic carbocycles. The number of fused-ring (bicyclic) bond motifs is 2. The first-order valence-corrected chi connectivity index (χ1v) is 10.3. The summed E-state index contributed by atoms with van der Waals surface area (Å²) in [6.07, 6.45) is 0. The van der Waals surface area contributed by atoms with Gasteiger partial charge in [-0.3, -0.25) is 14.5 Å². The van der Waals surface area contributed by atoms with E-state index in [1.165, 1.54) is 34.4 Å². The summed E-state index contributed by atoms with van der Waals surface area (Å²) in [5.41, 5.74) is 1.51. The molecule has 5 aromatic rings. The fourth-order valence-corrected chi connectivity index (χ4v) is 4.32. The molecule has 0 saturated heterocycles. The van der Waals surface area contributed by atoms with Gasteiger partial charge in [-0.05, 0) is 35.9 Å². The predicted octanol–water partition coefficient (Wildman–Crippen LogP) is 5.39. The number of carbonyl (C=O) groups is 1. The molecule has 152 valence electrons. The molecule has 5 nitrogen and oxygen atoms in total. The number of para-hydroxylation sites is 1. The number of amides is 1. The Balaban J connectivity index is 1.62. The summed E-state index contributed by atoms with van der Waals surface area (Å²) in [7, 11) is 0. The van der Waals surface area contributed by atoms with Gasteiger partial charge in [-0.25, -0.2) is 9.37 Å². The summed E-state index contributed by atoms with van der Waals surface area (Å²) in [6, 6.07) is 21.7. The summed E-state index contributed by atoms with van der Waals surface area (Å²) in [4.78, 5) is 32.0. The van der Waals surface area contributed by atoms with Crippen LogP contribution in [0.2, 0.25) is 0 Å². The van der Waals surface area contributed by atoms with Crippen molar-refractivity contribution in [3.63, 3.8) is 0 Å². The third kappa shape index (κ3) is 3.71. The number of aromatic nitrogens is 1. The largest absolute Gasteiger partial charge is 0.451 e. The number of thiazole rings is 1. The minimum absolute atomic E-state index is 0.0786. The van der Waals surface area contributed by atoms with Crippen molar-refractivity contribution in [1.82, 2.24) is 4.98 Å². The molecule has 1 amide bonds. The maximum atomic E-state index is 13.7. The van der Waals surface area contributed by atoms with Crippen LogP contribution in [-0.4, -0.2) is 10.9 Å². The van der Waals surface area contributed by atoms with E-state index in [1.807, 2.05) is 30.3 Å². The van der Waals surface area contributed by atoms with Gasteiger partial charge in [0.25, 0.3) is 5.91 Å². The van der Waals surface area contributed by atoms with Crippen molar-refractivity contribution in [3.05, 3.63) is 106 Å². The van der Waals surface area contributed by atoms with Gasteiger partial charge in [-0.1, -0.05) is 53.8 Å². The molecule has 31 heavy (non-hydrogen) atoms. The van der Waals surface area contributed by atoms with E-state index in [0.717, 1.165) is 5.56 Å². The van der Waals surface area contributed by atoms with Crippen LogP contribution in [0.1, 0.15) is 16.1 Å². The number of carbonyl (C=O) groups excluding carboxylic acids is 1. The molecule has 0 aliphatic heterocycles. The summed E-state index contributed by atoms with van der Waals surface area (Å²) in [5.74, 6) is -0.944. The van der Waals surface area contributed by atoms with E-state index in [0.29, 0.717) is 26.3 Å². The van der Waals surface area contributed by atoms with Gasteiger partial charge in [-0.2, -0.15) is 0 Å². The van der Waals surface area contributed by atoms with Gasteiger partial charge in [0, 0.05) is 6.07 Å². The van der Waals surface area contributed by atoms with E-state index in [2.05, 4.69) is 4.98 Å². The smallest absolute Gasteiger partial charge is 0.296 e. The standard InChI is InChI=1S/C24H15FN2O3S/c25-16-10-11-18-22(12-16)31-24(26-18)27(14-15-6-2-1-3-7-15)23(29)21-13-19(28)17-8-4-5-9-20(17)30-21/h1-13H,14H2. The van der Waals surface area contributed by atoms with Gasteiger partial charge >= 0.3 is 0 Å². The monoisotopic (exact) mass is 430 g/mol. The molecule has 0 spiro atoms. The lowest BCUT2D eigenvalue weighted by Crippen LogP contribution is -2.31. The number of hydrogen-bond acceptors (Lipinski definition) is 5. The van der Waals surface area contributed by atoms with E-state index in [-0.39, 0.29) is 23.6 Å². The topological polar surface area (TPSA) is 63.4 Å². The average Bonchev–Trinajstić information content (AvgIpc) is 3.20. The van der Waals surface area contributed by atoms with Gasteiger partial charge in [0.2, 0.25) is 0 Å². The normalized spacial score (nSPS) is 11.1. The molecule has 0 unspecified atom stereocenters. The number of nitrogens with zero attached hydrogens (tertiary/aromatic N) is 2. The van der Waals surface area contributed by atoms with Crippen LogP contribution in [0.25, 0.3) is 21.2 Å². The van der Waals surface area contributed by atoms with Crippen LogP contribution in [0.4, 0.5) is 9.52 Å². The van der Waals surface area contributed by atoms with E-state index in [4.69, 9.17) is 4.42 Å². The van der Waals surface area contributed by atoms with Crippen molar-refractivity contribution in [2.24, 2.45) is 0 Å². The molecular formula is C24H15FN2O3S. The van der Waals surface area contributed by atoms with Crippen molar-refractivity contribution in [3.8, 4) is 0 Å². The molecular weight excluding hydrogens is 415 g/mol. The number of benzene rings is 3. The summed E-state index contributed by atoms with van der Waals surface area (Å²) in [5, 5.41) is 0.800. The first kappa shape index (κ1) is 19.1. The number of anilines is 1.